The molecule has 0 unspecified atom stereocenters. The van der Waals surface area contributed by atoms with E-state index < -0.39 is 0 Å². The number of benzene rings is 1. The molecule has 0 aromatic heterocycles. The Balaban J connectivity index is 1.13. The lowest BCUT2D eigenvalue weighted by Crippen LogP contribution is -2.65. The summed E-state index contributed by atoms with van der Waals surface area (Å²) in [6, 6.07) is 6.79. The van der Waals surface area contributed by atoms with Gasteiger partial charge >= 0.3 is 5.97 Å². The summed E-state index contributed by atoms with van der Waals surface area (Å²) in [6.07, 6.45) is 4.63. The molecule has 0 bridgehead atoms. The Hall–Kier alpha value is -1.84. The summed E-state index contributed by atoms with van der Waals surface area (Å²) in [7, 11) is 0. The first-order chi connectivity index (χ1) is 12.4. The van der Waals surface area contributed by atoms with Gasteiger partial charge in [0.15, 0.2) is 0 Å². The number of carbonyl (C=O) groups is 2. The minimum atomic E-state index is -0.0919. The van der Waals surface area contributed by atoms with E-state index in [4.69, 9.17) is 4.74 Å². The topological polar surface area (TPSA) is 46.6 Å². The van der Waals surface area contributed by atoms with Crippen LogP contribution in [0.2, 0.25) is 0 Å². The van der Waals surface area contributed by atoms with E-state index in [0.717, 1.165) is 25.9 Å². The van der Waals surface area contributed by atoms with Crippen molar-refractivity contribution in [2.75, 3.05) is 19.7 Å². The van der Waals surface area contributed by atoms with Gasteiger partial charge in [-0.2, -0.15) is 0 Å². The minimum Gasteiger partial charge on any atom is -0.465 e. The number of esters is 1. The Morgan fingerprint density at radius 2 is 1.85 bits per heavy atom. The fourth-order valence-corrected chi connectivity index (χ4v) is 5.99. The van der Waals surface area contributed by atoms with E-state index in [1.54, 1.807) is 0 Å². The van der Waals surface area contributed by atoms with Crippen LogP contribution in [-0.2, 0) is 14.3 Å². The van der Waals surface area contributed by atoms with Gasteiger partial charge in [-0.1, -0.05) is 23.8 Å². The molecule has 2 aliphatic carbocycles. The predicted octanol–water partition coefficient (Wildman–Crippen LogP) is 3.35. The molecule has 0 atom stereocenters. The zero-order chi connectivity index (χ0) is 18.1. The van der Waals surface area contributed by atoms with Gasteiger partial charge < -0.3 is 9.64 Å². The standard InChI is InChI=1S/C22H27NO3/c1-14-3-4-18(15(2)5-14)16-6-22(7-16)11-23(12-22)20(25)17-8-21(9-17)10-19(24)26-13-21/h3-5,16-17H,6-13H2,1-2H3. The summed E-state index contributed by atoms with van der Waals surface area (Å²) in [6.45, 7) is 6.76. The predicted molar refractivity (Wildman–Crippen MR) is 97.6 cm³/mol. The van der Waals surface area contributed by atoms with Crippen molar-refractivity contribution in [3.05, 3.63) is 34.9 Å². The van der Waals surface area contributed by atoms with E-state index in [1.807, 2.05) is 0 Å². The van der Waals surface area contributed by atoms with Crippen molar-refractivity contribution in [1.29, 1.82) is 0 Å². The van der Waals surface area contributed by atoms with Gasteiger partial charge in [0, 0.05) is 29.8 Å². The number of ether oxygens (including phenoxy) is 1. The molecule has 5 rings (SSSR count). The highest BCUT2D eigenvalue weighted by molar-refractivity contribution is 5.82. The Morgan fingerprint density at radius 1 is 1.12 bits per heavy atom. The molecular weight excluding hydrogens is 326 g/mol. The molecule has 2 aliphatic heterocycles. The Bertz CT molecular complexity index is 779. The monoisotopic (exact) mass is 353 g/mol. The SMILES string of the molecule is Cc1ccc(C2CC3(C2)CN(C(=O)C2CC4(COC(=O)C4)C2)C3)c(C)c1. The van der Waals surface area contributed by atoms with Crippen LogP contribution in [0.1, 0.15) is 54.7 Å². The summed E-state index contributed by atoms with van der Waals surface area (Å²) in [5, 5.41) is 0. The fraction of sp³-hybridized carbons (Fsp3) is 0.636. The molecule has 0 radical (unpaired) electrons. The number of rotatable bonds is 2. The van der Waals surface area contributed by atoms with Crippen molar-refractivity contribution in [2.45, 2.75) is 51.9 Å². The van der Waals surface area contributed by atoms with Crippen LogP contribution in [0.3, 0.4) is 0 Å². The van der Waals surface area contributed by atoms with Gasteiger partial charge in [0.05, 0.1) is 13.0 Å². The first-order valence-corrected chi connectivity index (χ1v) is 9.89. The number of carbonyl (C=O) groups excluding carboxylic acids is 2. The third-order valence-electron chi connectivity index (χ3n) is 7.35. The summed E-state index contributed by atoms with van der Waals surface area (Å²) >= 11 is 0. The first kappa shape index (κ1) is 16.3. The maximum absolute atomic E-state index is 12.7. The van der Waals surface area contributed by atoms with E-state index in [0.29, 0.717) is 30.3 Å². The molecule has 4 heteroatoms. The highest BCUT2D eigenvalue weighted by atomic mass is 16.5. The van der Waals surface area contributed by atoms with E-state index in [1.165, 1.54) is 29.5 Å². The lowest BCUT2D eigenvalue weighted by atomic mass is 9.55. The normalized spacial score (nSPS) is 28.5. The van der Waals surface area contributed by atoms with Gasteiger partial charge in [-0.3, -0.25) is 9.59 Å². The fourth-order valence-electron chi connectivity index (χ4n) is 5.99. The zero-order valence-corrected chi connectivity index (χ0v) is 15.7. The van der Waals surface area contributed by atoms with Gasteiger partial charge in [-0.05, 0) is 56.6 Å². The van der Waals surface area contributed by atoms with E-state index >= 15 is 0 Å². The number of likely N-dealkylation sites (tertiary alicyclic amines) is 1. The van der Waals surface area contributed by atoms with E-state index in [2.05, 4.69) is 36.9 Å². The molecule has 4 nitrogen and oxygen atoms in total. The average molecular weight is 353 g/mol. The largest absolute Gasteiger partial charge is 0.465 e. The van der Waals surface area contributed by atoms with Crippen molar-refractivity contribution >= 4 is 11.9 Å². The highest BCUT2D eigenvalue weighted by Crippen LogP contribution is 2.58. The number of nitrogens with zero attached hydrogens (tertiary/aromatic N) is 1. The van der Waals surface area contributed by atoms with Crippen molar-refractivity contribution in [3.8, 4) is 0 Å². The van der Waals surface area contributed by atoms with Gasteiger partial charge in [0.2, 0.25) is 5.91 Å². The maximum atomic E-state index is 12.7. The van der Waals surface area contributed by atoms with Crippen molar-refractivity contribution in [1.82, 2.24) is 4.90 Å². The third kappa shape index (κ3) is 2.41. The van der Waals surface area contributed by atoms with Crippen LogP contribution in [0.25, 0.3) is 0 Å². The molecule has 4 fully saturated rings. The van der Waals surface area contributed by atoms with Crippen LogP contribution in [0.15, 0.2) is 18.2 Å². The quantitative estimate of drug-likeness (QED) is 0.766. The molecule has 1 amide bonds. The molecular formula is C22H27NO3. The Labute approximate surface area is 154 Å². The van der Waals surface area contributed by atoms with E-state index in [9.17, 15) is 9.59 Å². The molecule has 26 heavy (non-hydrogen) atoms. The lowest BCUT2D eigenvalue weighted by Gasteiger charge is -2.60. The average Bonchev–Trinajstić information content (AvgIpc) is 2.86. The van der Waals surface area contributed by atoms with Crippen molar-refractivity contribution in [3.63, 3.8) is 0 Å². The second kappa shape index (κ2) is 5.34. The molecule has 1 aromatic carbocycles. The third-order valence-corrected chi connectivity index (χ3v) is 7.35. The number of hydrogen-bond donors (Lipinski definition) is 0. The van der Waals surface area contributed by atoms with Crippen molar-refractivity contribution in [2.24, 2.45) is 16.7 Å². The molecule has 2 heterocycles. The van der Waals surface area contributed by atoms with Gasteiger partial charge in [0.25, 0.3) is 0 Å². The number of hydrogen-bond acceptors (Lipinski definition) is 3. The molecule has 4 aliphatic rings. The van der Waals surface area contributed by atoms with Crippen LogP contribution in [0.5, 0.6) is 0 Å². The summed E-state index contributed by atoms with van der Waals surface area (Å²) < 4.78 is 5.11. The molecule has 2 spiro atoms. The number of amides is 1. The first-order valence-electron chi connectivity index (χ1n) is 9.89. The van der Waals surface area contributed by atoms with Crippen LogP contribution >= 0.6 is 0 Å². The number of aryl methyl sites for hydroxylation is 2. The van der Waals surface area contributed by atoms with Crippen molar-refractivity contribution < 1.29 is 14.3 Å². The molecule has 2 saturated heterocycles. The zero-order valence-electron chi connectivity index (χ0n) is 15.7. The van der Waals surface area contributed by atoms with Gasteiger partial charge in [-0.15, -0.1) is 0 Å². The van der Waals surface area contributed by atoms with Crippen LogP contribution in [-0.4, -0.2) is 36.5 Å². The second-order valence-electron chi connectivity index (χ2n) is 9.60. The van der Waals surface area contributed by atoms with Crippen LogP contribution in [0.4, 0.5) is 0 Å². The summed E-state index contributed by atoms with van der Waals surface area (Å²) in [4.78, 5) is 26.1. The van der Waals surface area contributed by atoms with Crippen LogP contribution in [0, 0.1) is 30.6 Å². The lowest BCUT2D eigenvalue weighted by molar-refractivity contribution is -0.163. The Kier molecular flexibility index (Phi) is 3.35. The number of cyclic esters (lactones) is 1. The second-order valence-corrected chi connectivity index (χ2v) is 9.60. The van der Waals surface area contributed by atoms with Crippen LogP contribution < -0.4 is 0 Å². The molecule has 0 N–H and O–H groups in total. The summed E-state index contributed by atoms with van der Waals surface area (Å²) in [5.41, 5.74) is 4.60. The van der Waals surface area contributed by atoms with Gasteiger partial charge in [0.1, 0.15) is 0 Å². The van der Waals surface area contributed by atoms with Gasteiger partial charge in [-0.25, -0.2) is 0 Å². The summed E-state index contributed by atoms with van der Waals surface area (Å²) in [5.74, 6) is 1.01. The maximum Gasteiger partial charge on any atom is 0.306 e. The smallest absolute Gasteiger partial charge is 0.306 e. The highest BCUT2D eigenvalue weighted by Gasteiger charge is 2.58. The minimum absolute atomic E-state index is 0.00943. The van der Waals surface area contributed by atoms with E-state index in [-0.39, 0.29) is 17.3 Å². The Morgan fingerprint density at radius 3 is 2.46 bits per heavy atom. The molecule has 2 saturated carbocycles. The molecule has 138 valence electrons. The molecule has 1 aromatic rings.